The minimum atomic E-state index is 0.861. The van der Waals surface area contributed by atoms with Crippen molar-refractivity contribution in [2.75, 3.05) is 4.90 Å². The maximum absolute atomic E-state index is 6.95. The van der Waals surface area contributed by atoms with E-state index in [1.165, 1.54) is 65.3 Å². The molecule has 0 amide bonds. The molecule has 13 aromatic rings. The number of hydrogen-bond acceptors (Lipinski definition) is 2. The van der Waals surface area contributed by atoms with Crippen LogP contribution >= 0.6 is 0 Å². The summed E-state index contributed by atoms with van der Waals surface area (Å²) < 4.78 is 6.95. The maximum Gasteiger partial charge on any atom is 0.145 e. The molecule has 2 nitrogen and oxygen atoms in total. The number of benzene rings is 12. The van der Waals surface area contributed by atoms with Crippen LogP contribution in [0, 0.1) is 0 Å². The van der Waals surface area contributed by atoms with Crippen LogP contribution in [0.4, 0.5) is 17.1 Å². The molecule has 0 radical (unpaired) electrons. The molecule has 1 heterocycles. The van der Waals surface area contributed by atoms with Crippen molar-refractivity contribution in [2.45, 2.75) is 0 Å². The first-order valence-corrected chi connectivity index (χ1v) is 22.7. The Morgan fingerprint density at radius 1 is 0.273 bits per heavy atom. The zero-order chi connectivity index (χ0) is 43.6. The molecule has 13 rings (SSSR count). The molecule has 308 valence electrons. The average Bonchev–Trinajstić information content (AvgIpc) is 3.79. The molecule has 0 aliphatic carbocycles. The van der Waals surface area contributed by atoms with Gasteiger partial charge in [-0.2, -0.15) is 0 Å². The minimum absolute atomic E-state index is 0.861. The van der Waals surface area contributed by atoms with E-state index in [0.29, 0.717) is 0 Å². The van der Waals surface area contributed by atoms with Gasteiger partial charge in [-0.3, -0.25) is 0 Å². The second-order valence-electron chi connectivity index (χ2n) is 17.2. The molecular formula is C64H41NO. The Labute approximate surface area is 382 Å². The number of furan rings is 1. The molecule has 0 aliphatic heterocycles. The fourth-order valence-electron chi connectivity index (χ4n) is 10.3. The smallest absolute Gasteiger partial charge is 0.145 e. The lowest BCUT2D eigenvalue weighted by Crippen LogP contribution is -2.10. The summed E-state index contributed by atoms with van der Waals surface area (Å²) in [7, 11) is 0. The minimum Gasteiger partial charge on any atom is -0.455 e. The first-order valence-electron chi connectivity index (χ1n) is 22.7. The second-order valence-corrected chi connectivity index (χ2v) is 17.2. The van der Waals surface area contributed by atoms with E-state index < -0.39 is 0 Å². The van der Waals surface area contributed by atoms with Crippen molar-refractivity contribution in [3.63, 3.8) is 0 Å². The van der Waals surface area contributed by atoms with Crippen LogP contribution in [0.5, 0.6) is 0 Å². The van der Waals surface area contributed by atoms with Gasteiger partial charge in [0, 0.05) is 22.3 Å². The number of hydrogen-bond donors (Lipinski definition) is 0. The molecule has 0 spiro atoms. The number of para-hydroxylation sites is 1. The van der Waals surface area contributed by atoms with Gasteiger partial charge in [-0.15, -0.1) is 0 Å². The lowest BCUT2D eigenvalue weighted by Gasteiger charge is -2.27. The Hall–Kier alpha value is -8.72. The lowest BCUT2D eigenvalue weighted by molar-refractivity contribution is 0.670. The van der Waals surface area contributed by atoms with E-state index in [9.17, 15) is 0 Å². The first-order chi connectivity index (χ1) is 32.7. The van der Waals surface area contributed by atoms with E-state index in [2.05, 4.69) is 254 Å². The predicted molar refractivity (Wildman–Crippen MR) is 280 cm³/mol. The SMILES string of the molecule is c1ccc(-c2cccc(-c3ccc(N(c4cccc(-c5ccc6c7ccccc7c7ccccc7c6c5)c4)c4ccc(-c5cccc6ccccc56)c5oc6ccccc6c45)cc3)c2)cc1. The zero-order valence-corrected chi connectivity index (χ0v) is 36.0. The molecule has 0 N–H and O–H groups in total. The van der Waals surface area contributed by atoms with Gasteiger partial charge in [0.15, 0.2) is 0 Å². The third-order valence-electron chi connectivity index (χ3n) is 13.4. The van der Waals surface area contributed by atoms with E-state index in [1.54, 1.807) is 0 Å². The summed E-state index contributed by atoms with van der Waals surface area (Å²) in [5.41, 5.74) is 14.2. The fraction of sp³-hybridized carbons (Fsp3) is 0. The van der Waals surface area contributed by atoms with E-state index in [0.717, 1.165) is 61.3 Å². The van der Waals surface area contributed by atoms with Crippen molar-refractivity contribution >= 4 is 82.1 Å². The summed E-state index contributed by atoms with van der Waals surface area (Å²) in [6.07, 6.45) is 0. The molecule has 0 fully saturated rings. The van der Waals surface area contributed by atoms with Gasteiger partial charge < -0.3 is 9.32 Å². The molecule has 0 saturated heterocycles. The van der Waals surface area contributed by atoms with Crippen molar-refractivity contribution in [2.24, 2.45) is 0 Å². The van der Waals surface area contributed by atoms with Crippen LogP contribution in [-0.4, -0.2) is 0 Å². The first kappa shape index (κ1) is 37.8. The quantitative estimate of drug-likeness (QED) is 0.149. The highest BCUT2D eigenvalue weighted by atomic mass is 16.3. The van der Waals surface area contributed by atoms with Crippen molar-refractivity contribution in [1.29, 1.82) is 0 Å². The van der Waals surface area contributed by atoms with Crippen LogP contribution < -0.4 is 4.90 Å². The molecule has 12 aromatic carbocycles. The number of anilines is 3. The van der Waals surface area contributed by atoms with Crippen molar-refractivity contribution in [3.8, 4) is 44.5 Å². The molecular weight excluding hydrogens is 799 g/mol. The van der Waals surface area contributed by atoms with E-state index in [4.69, 9.17) is 4.42 Å². The van der Waals surface area contributed by atoms with Gasteiger partial charge in [-0.25, -0.2) is 0 Å². The summed E-state index contributed by atoms with van der Waals surface area (Å²) in [6.45, 7) is 0. The topological polar surface area (TPSA) is 16.4 Å². The standard InChI is InChI=1S/C64H41NO/c1-2-15-42(16-3-1)45-19-12-20-46(39-45)43-31-34-49(35-32-43)65(61-38-37-58(52-29-14-18-44-17-4-5-23-51(44)52)64-63(61)59-28-10-11-30-62(59)66-64)50-22-13-21-47(40-50)48-33-36-57-55-26-7-6-24-53(55)54-25-8-9-27-56(54)60(57)41-48/h1-41H. The summed E-state index contributed by atoms with van der Waals surface area (Å²) in [5, 5.41) is 12.2. The van der Waals surface area contributed by atoms with E-state index in [1.807, 2.05) is 0 Å². The molecule has 0 unspecified atom stereocenters. The van der Waals surface area contributed by atoms with Crippen molar-refractivity contribution in [3.05, 3.63) is 249 Å². The van der Waals surface area contributed by atoms with Crippen LogP contribution in [0.2, 0.25) is 0 Å². The highest BCUT2D eigenvalue weighted by Gasteiger charge is 2.23. The summed E-state index contributed by atoms with van der Waals surface area (Å²) >= 11 is 0. The highest BCUT2D eigenvalue weighted by Crippen LogP contribution is 2.48. The van der Waals surface area contributed by atoms with Gasteiger partial charge in [-0.1, -0.05) is 194 Å². The molecule has 0 bridgehead atoms. The van der Waals surface area contributed by atoms with Gasteiger partial charge in [0.1, 0.15) is 11.2 Å². The Bertz CT molecular complexity index is 3950. The molecule has 0 aliphatic rings. The van der Waals surface area contributed by atoms with E-state index >= 15 is 0 Å². The highest BCUT2D eigenvalue weighted by molar-refractivity contribution is 6.26. The van der Waals surface area contributed by atoms with Crippen molar-refractivity contribution in [1.82, 2.24) is 0 Å². The van der Waals surface area contributed by atoms with Crippen LogP contribution in [-0.2, 0) is 0 Å². The number of fused-ring (bicyclic) bond motifs is 10. The molecule has 0 atom stereocenters. The predicted octanol–water partition coefficient (Wildman–Crippen LogP) is 18.3. The second kappa shape index (κ2) is 15.5. The van der Waals surface area contributed by atoms with Gasteiger partial charge in [0.25, 0.3) is 0 Å². The third-order valence-corrected chi connectivity index (χ3v) is 13.4. The Morgan fingerprint density at radius 2 is 0.788 bits per heavy atom. The van der Waals surface area contributed by atoms with Crippen molar-refractivity contribution < 1.29 is 4.42 Å². The number of rotatable bonds is 7. The summed E-state index contributed by atoms with van der Waals surface area (Å²) in [5.74, 6) is 0. The van der Waals surface area contributed by atoms with Gasteiger partial charge in [0.2, 0.25) is 0 Å². The maximum atomic E-state index is 6.95. The number of nitrogens with zero attached hydrogens (tertiary/aromatic N) is 1. The normalized spacial score (nSPS) is 11.6. The fourth-order valence-corrected chi connectivity index (χ4v) is 10.3. The molecule has 1 aromatic heterocycles. The van der Waals surface area contributed by atoms with Gasteiger partial charge in [-0.05, 0) is 137 Å². The molecule has 0 saturated carbocycles. The Kier molecular flexibility index (Phi) is 8.89. The van der Waals surface area contributed by atoms with Crippen LogP contribution in [0.1, 0.15) is 0 Å². The molecule has 2 heteroatoms. The lowest BCUT2D eigenvalue weighted by atomic mass is 9.92. The van der Waals surface area contributed by atoms with E-state index in [-0.39, 0.29) is 0 Å². The Balaban J connectivity index is 1.01. The summed E-state index contributed by atoms with van der Waals surface area (Å²) in [4.78, 5) is 2.41. The monoisotopic (exact) mass is 839 g/mol. The summed E-state index contributed by atoms with van der Waals surface area (Å²) in [6, 6.07) is 90.2. The van der Waals surface area contributed by atoms with Crippen LogP contribution in [0.25, 0.3) is 110 Å². The zero-order valence-electron chi connectivity index (χ0n) is 36.0. The van der Waals surface area contributed by atoms with Crippen LogP contribution in [0.15, 0.2) is 253 Å². The average molecular weight is 840 g/mol. The van der Waals surface area contributed by atoms with Crippen LogP contribution in [0.3, 0.4) is 0 Å². The Morgan fingerprint density at radius 3 is 1.53 bits per heavy atom. The van der Waals surface area contributed by atoms with Gasteiger partial charge >= 0.3 is 0 Å². The third kappa shape index (κ3) is 6.26. The largest absolute Gasteiger partial charge is 0.455 e. The van der Waals surface area contributed by atoms with Gasteiger partial charge in [0.05, 0.1) is 11.1 Å². The molecule has 66 heavy (non-hydrogen) atoms.